The molecule has 1 aromatic heterocycles. The fourth-order valence-electron chi connectivity index (χ4n) is 4.12. The van der Waals surface area contributed by atoms with Crippen molar-refractivity contribution >= 4 is 0 Å². The lowest BCUT2D eigenvalue weighted by atomic mass is 9.66. The molecule has 4 atom stereocenters. The summed E-state index contributed by atoms with van der Waals surface area (Å²) in [5.41, 5.74) is 0.606. The van der Waals surface area contributed by atoms with Gasteiger partial charge in [-0.15, -0.1) is 0 Å². The molecule has 0 spiro atoms. The molecule has 20 heavy (non-hydrogen) atoms. The van der Waals surface area contributed by atoms with Gasteiger partial charge in [0, 0.05) is 12.4 Å². The predicted molar refractivity (Wildman–Crippen MR) is 76.3 cm³/mol. The lowest BCUT2D eigenvalue weighted by molar-refractivity contribution is 0.0308. The fourth-order valence-corrected chi connectivity index (χ4v) is 4.12. The molecule has 4 nitrogen and oxygen atoms in total. The number of nitrogens with zero attached hydrogens (tertiary/aromatic N) is 2. The van der Waals surface area contributed by atoms with E-state index in [0.29, 0.717) is 17.5 Å². The van der Waals surface area contributed by atoms with Gasteiger partial charge >= 0.3 is 0 Å². The van der Waals surface area contributed by atoms with Crippen LogP contribution in [0.5, 0.6) is 5.88 Å². The quantitative estimate of drug-likeness (QED) is 0.921. The molecule has 0 saturated heterocycles. The van der Waals surface area contributed by atoms with Gasteiger partial charge in [0.2, 0.25) is 5.88 Å². The second-order valence-corrected chi connectivity index (χ2v) is 6.27. The van der Waals surface area contributed by atoms with Crippen LogP contribution in [0, 0.1) is 17.8 Å². The van der Waals surface area contributed by atoms with Crippen LogP contribution in [0.1, 0.15) is 56.7 Å². The van der Waals surface area contributed by atoms with Crippen LogP contribution in [-0.4, -0.2) is 22.2 Å². The maximum atomic E-state index is 10.7. The number of aliphatic hydroxyl groups excluding tert-OH is 1. The van der Waals surface area contributed by atoms with Crippen LogP contribution in [0.25, 0.3) is 0 Å². The number of ether oxygens (including phenoxy) is 1. The number of aliphatic hydroxyl groups is 1. The van der Waals surface area contributed by atoms with Crippen molar-refractivity contribution in [2.45, 2.75) is 51.0 Å². The van der Waals surface area contributed by atoms with E-state index in [1.165, 1.54) is 32.1 Å². The fraction of sp³-hybridized carbons (Fsp3) is 0.750. The zero-order chi connectivity index (χ0) is 13.9. The first-order valence-corrected chi connectivity index (χ1v) is 7.82. The monoisotopic (exact) mass is 276 g/mol. The Labute approximate surface area is 120 Å². The number of hydrogen-bond acceptors (Lipinski definition) is 4. The van der Waals surface area contributed by atoms with Crippen molar-refractivity contribution in [3.05, 3.63) is 18.1 Å². The molecule has 3 rings (SSSR count). The molecule has 110 valence electrons. The Morgan fingerprint density at radius 3 is 2.65 bits per heavy atom. The third-order valence-electron chi connectivity index (χ3n) is 5.19. The minimum absolute atomic E-state index is 0.306. The normalized spacial score (nSPS) is 31.4. The third-order valence-corrected chi connectivity index (χ3v) is 5.19. The van der Waals surface area contributed by atoms with Gasteiger partial charge in [-0.25, -0.2) is 4.98 Å². The number of rotatable bonds is 3. The second-order valence-electron chi connectivity index (χ2n) is 6.27. The highest BCUT2D eigenvalue weighted by Gasteiger charge is 2.36. The number of hydrogen-bond donors (Lipinski definition) is 1. The van der Waals surface area contributed by atoms with Crippen molar-refractivity contribution in [1.82, 2.24) is 9.97 Å². The summed E-state index contributed by atoms with van der Waals surface area (Å²) in [5, 5.41) is 10.7. The van der Waals surface area contributed by atoms with Crippen molar-refractivity contribution in [2.24, 2.45) is 17.8 Å². The summed E-state index contributed by atoms with van der Waals surface area (Å²) < 4.78 is 5.23. The largest absolute Gasteiger partial charge is 0.480 e. The first-order chi connectivity index (χ1) is 9.79. The van der Waals surface area contributed by atoms with Crippen LogP contribution in [0.3, 0.4) is 0 Å². The SMILES string of the molecule is COc1nccnc1C(O)C1CCC2CCCCC2C1. The minimum Gasteiger partial charge on any atom is -0.480 e. The van der Waals surface area contributed by atoms with E-state index in [0.717, 1.165) is 24.7 Å². The number of methoxy groups -OCH3 is 1. The van der Waals surface area contributed by atoms with Crippen molar-refractivity contribution in [1.29, 1.82) is 0 Å². The Hall–Kier alpha value is -1.16. The Morgan fingerprint density at radius 2 is 1.85 bits per heavy atom. The smallest absolute Gasteiger partial charge is 0.238 e. The highest BCUT2D eigenvalue weighted by Crippen LogP contribution is 2.46. The van der Waals surface area contributed by atoms with Gasteiger partial charge in [0.05, 0.1) is 7.11 Å². The first kappa shape index (κ1) is 13.8. The lowest BCUT2D eigenvalue weighted by Gasteiger charge is -2.40. The topological polar surface area (TPSA) is 55.2 Å². The van der Waals surface area contributed by atoms with Crippen molar-refractivity contribution in [3.63, 3.8) is 0 Å². The molecule has 1 aromatic rings. The zero-order valence-electron chi connectivity index (χ0n) is 12.2. The highest BCUT2D eigenvalue weighted by molar-refractivity contribution is 5.20. The molecular weight excluding hydrogens is 252 g/mol. The van der Waals surface area contributed by atoms with E-state index in [1.54, 1.807) is 19.5 Å². The minimum atomic E-state index is -0.540. The summed E-state index contributed by atoms with van der Waals surface area (Å²) in [6, 6.07) is 0. The van der Waals surface area contributed by atoms with Gasteiger partial charge in [0.15, 0.2) is 0 Å². The summed E-state index contributed by atoms with van der Waals surface area (Å²) >= 11 is 0. The van der Waals surface area contributed by atoms with Gasteiger partial charge in [-0.05, 0) is 37.0 Å². The summed E-state index contributed by atoms with van der Waals surface area (Å²) in [7, 11) is 1.58. The van der Waals surface area contributed by atoms with E-state index >= 15 is 0 Å². The van der Waals surface area contributed by atoms with Gasteiger partial charge in [-0.3, -0.25) is 4.98 Å². The lowest BCUT2D eigenvalue weighted by Crippen LogP contribution is -2.30. The van der Waals surface area contributed by atoms with Crippen LogP contribution < -0.4 is 4.74 Å². The van der Waals surface area contributed by atoms with Crippen LogP contribution in [0.2, 0.25) is 0 Å². The van der Waals surface area contributed by atoms with Gasteiger partial charge in [-0.2, -0.15) is 0 Å². The van der Waals surface area contributed by atoms with Crippen LogP contribution >= 0.6 is 0 Å². The second kappa shape index (κ2) is 6.08. The maximum absolute atomic E-state index is 10.7. The van der Waals surface area contributed by atoms with Crippen molar-refractivity contribution in [3.8, 4) is 5.88 Å². The standard InChI is InChI=1S/C16H24N2O2/c1-20-16-14(17-8-9-18-16)15(19)13-7-6-11-4-2-3-5-12(11)10-13/h8-9,11-13,15,19H,2-7,10H2,1H3. The van der Waals surface area contributed by atoms with Gasteiger partial charge < -0.3 is 9.84 Å². The Kier molecular flexibility index (Phi) is 4.20. The molecule has 2 aliphatic carbocycles. The zero-order valence-corrected chi connectivity index (χ0v) is 12.2. The molecule has 0 bridgehead atoms. The van der Waals surface area contributed by atoms with E-state index in [-0.39, 0.29) is 0 Å². The average molecular weight is 276 g/mol. The molecule has 1 heterocycles. The Balaban J connectivity index is 1.72. The summed E-state index contributed by atoms with van der Waals surface area (Å²) in [6.07, 6.45) is 11.7. The first-order valence-electron chi connectivity index (χ1n) is 7.82. The Bertz CT molecular complexity index is 452. The predicted octanol–water partition coefficient (Wildman–Crippen LogP) is 3.13. The summed E-state index contributed by atoms with van der Waals surface area (Å²) in [4.78, 5) is 8.44. The average Bonchev–Trinajstić information content (AvgIpc) is 2.53. The van der Waals surface area contributed by atoms with Crippen LogP contribution in [0.15, 0.2) is 12.4 Å². The van der Waals surface area contributed by atoms with Gasteiger partial charge in [-0.1, -0.05) is 25.7 Å². The molecule has 1 N–H and O–H groups in total. The molecule has 0 radical (unpaired) electrons. The van der Waals surface area contributed by atoms with Crippen LogP contribution in [-0.2, 0) is 0 Å². The van der Waals surface area contributed by atoms with Gasteiger partial charge in [0.25, 0.3) is 0 Å². The molecule has 2 saturated carbocycles. The molecule has 0 aromatic carbocycles. The molecule has 2 aliphatic rings. The van der Waals surface area contributed by atoms with E-state index < -0.39 is 6.10 Å². The molecule has 0 amide bonds. The number of aromatic nitrogens is 2. The van der Waals surface area contributed by atoms with Crippen molar-refractivity contribution < 1.29 is 9.84 Å². The maximum Gasteiger partial charge on any atom is 0.238 e. The van der Waals surface area contributed by atoms with E-state index in [4.69, 9.17) is 4.74 Å². The summed E-state index contributed by atoms with van der Waals surface area (Å²) in [5.74, 6) is 2.47. The molecule has 4 unspecified atom stereocenters. The van der Waals surface area contributed by atoms with Crippen molar-refractivity contribution in [2.75, 3.05) is 7.11 Å². The van der Waals surface area contributed by atoms with Crippen LogP contribution in [0.4, 0.5) is 0 Å². The van der Waals surface area contributed by atoms with E-state index in [2.05, 4.69) is 9.97 Å². The van der Waals surface area contributed by atoms with Gasteiger partial charge in [0.1, 0.15) is 11.8 Å². The van der Waals surface area contributed by atoms with E-state index in [1.807, 2.05) is 0 Å². The summed E-state index contributed by atoms with van der Waals surface area (Å²) in [6.45, 7) is 0. The Morgan fingerprint density at radius 1 is 1.10 bits per heavy atom. The third kappa shape index (κ3) is 2.66. The molecule has 4 heteroatoms. The molecule has 2 fully saturated rings. The number of fused-ring (bicyclic) bond motifs is 1. The molecular formula is C16H24N2O2. The molecule has 0 aliphatic heterocycles. The van der Waals surface area contributed by atoms with E-state index in [9.17, 15) is 5.11 Å². The highest BCUT2D eigenvalue weighted by atomic mass is 16.5.